The lowest BCUT2D eigenvalue weighted by atomic mass is 10.0. The largest absolute Gasteiger partial charge is 0.490 e. The Morgan fingerprint density at radius 1 is 1.25 bits per heavy atom. The van der Waals surface area contributed by atoms with Gasteiger partial charge in [0.1, 0.15) is 11.8 Å². The zero-order chi connectivity index (χ0) is 15.6. The fraction of sp³-hybridized carbons (Fsp3) is 0.700. The van der Waals surface area contributed by atoms with Crippen LogP contribution in [0.2, 0.25) is 0 Å². The molecule has 2 amide bonds. The molecule has 112 valence electrons. The molecule has 9 nitrogen and oxygen atoms in total. The van der Waals surface area contributed by atoms with Gasteiger partial charge in [0.05, 0.1) is 0 Å². The Morgan fingerprint density at radius 3 is 2.15 bits per heavy atom. The van der Waals surface area contributed by atoms with E-state index >= 15 is 0 Å². The molecule has 0 heterocycles. The molecule has 1 rings (SSSR count). The summed E-state index contributed by atoms with van der Waals surface area (Å²) in [7, 11) is -3.01. The smallest absolute Gasteiger partial charge is 0.301 e. The van der Waals surface area contributed by atoms with Crippen LogP contribution in [0.15, 0.2) is 4.36 Å². The molecule has 0 aromatic heterocycles. The molecule has 0 bridgehead atoms. The standard InChI is InChI=1S/C10H14N2O7S/c1-9(2,3)12(10(6-13)4-5-10)8(15)19-18-7(14)11-20(16)17/h6H,4-5H2,1-3H3. The van der Waals surface area contributed by atoms with Gasteiger partial charge in [-0.05, 0) is 33.6 Å². The van der Waals surface area contributed by atoms with Gasteiger partial charge in [-0.3, -0.25) is 4.90 Å². The average Bonchev–Trinajstić information content (AvgIpc) is 3.04. The van der Waals surface area contributed by atoms with Crippen molar-refractivity contribution in [3.63, 3.8) is 0 Å². The van der Waals surface area contributed by atoms with Gasteiger partial charge in [-0.2, -0.15) is 8.42 Å². The first-order valence-corrected chi connectivity index (χ1v) is 6.66. The van der Waals surface area contributed by atoms with E-state index in [1.807, 2.05) is 0 Å². The van der Waals surface area contributed by atoms with Crippen LogP contribution in [0.25, 0.3) is 0 Å². The molecule has 1 aliphatic carbocycles. The Balaban J connectivity index is 2.79. The lowest BCUT2D eigenvalue weighted by molar-refractivity contribution is -0.192. The minimum absolute atomic E-state index is 0.478. The van der Waals surface area contributed by atoms with E-state index in [2.05, 4.69) is 14.1 Å². The topological polar surface area (TPSA) is 119 Å². The molecule has 10 heteroatoms. The number of hydrogen-bond donors (Lipinski definition) is 0. The van der Waals surface area contributed by atoms with Gasteiger partial charge < -0.3 is 4.79 Å². The third kappa shape index (κ3) is 3.76. The molecular weight excluding hydrogens is 292 g/mol. The Morgan fingerprint density at radius 2 is 1.80 bits per heavy atom. The van der Waals surface area contributed by atoms with E-state index < -0.39 is 33.8 Å². The summed E-state index contributed by atoms with van der Waals surface area (Å²) in [6.07, 6.45) is -1.06. The van der Waals surface area contributed by atoms with Gasteiger partial charge in [-0.1, -0.05) is 4.36 Å². The molecular formula is C10H14N2O7S. The lowest BCUT2D eigenvalue weighted by Crippen LogP contribution is -2.54. The number of amides is 2. The summed E-state index contributed by atoms with van der Waals surface area (Å²) >= 11 is 0. The van der Waals surface area contributed by atoms with Crippen LogP contribution in [0.5, 0.6) is 0 Å². The predicted molar refractivity (Wildman–Crippen MR) is 63.9 cm³/mol. The van der Waals surface area contributed by atoms with E-state index in [0.29, 0.717) is 19.1 Å². The second-order valence-corrected chi connectivity index (χ2v) is 5.85. The molecule has 1 saturated carbocycles. The zero-order valence-electron chi connectivity index (χ0n) is 11.2. The van der Waals surface area contributed by atoms with Gasteiger partial charge in [-0.25, -0.2) is 19.4 Å². The quantitative estimate of drug-likeness (QED) is 0.425. The Labute approximate surface area is 116 Å². The first kappa shape index (κ1) is 16.1. The average molecular weight is 306 g/mol. The van der Waals surface area contributed by atoms with Crippen LogP contribution in [0, 0.1) is 0 Å². The van der Waals surface area contributed by atoms with Crippen molar-refractivity contribution in [3.05, 3.63) is 0 Å². The van der Waals surface area contributed by atoms with Crippen LogP contribution in [0.3, 0.4) is 0 Å². The molecule has 0 aromatic rings. The van der Waals surface area contributed by atoms with Crippen molar-refractivity contribution in [2.24, 2.45) is 4.36 Å². The first-order chi connectivity index (χ1) is 9.12. The highest BCUT2D eigenvalue weighted by atomic mass is 32.2. The number of rotatable bonds is 2. The molecule has 0 aromatic carbocycles. The van der Waals surface area contributed by atoms with Gasteiger partial charge >= 0.3 is 22.7 Å². The van der Waals surface area contributed by atoms with Crippen LogP contribution in [0.1, 0.15) is 33.6 Å². The van der Waals surface area contributed by atoms with E-state index in [-0.39, 0.29) is 0 Å². The number of aldehydes is 1. The van der Waals surface area contributed by atoms with Crippen molar-refractivity contribution in [2.45, 2.75) is 44.7 Å². The normalized spacial score (nSPS) is 15.8. The maximum Gasteiger partial charge on any atom is 0.490 e. The summed E-state index contributed by atoms with van der Waals surface area (Å²) < 4.78 is 22.7. The first-order valence-electron chi connectivity index (χ1n) is 5.62. The summed E-state index contributed by atoms with van der Waals surface area (Å²) in [4.78, 5) is 43.2. The van der Waals surface area contributed by atoms with Crippen LogP contribution < -0.4 is 0 Å². The van der Waals surface area contributed by atoms with E-state index in [9.17, 15) is 22.8 Å². The van der Waals surface area contributed by atoms with Crippen molar-refractivity contribution in [3.8, 4) is 0 Å². The van der Waals surface area contributed by atoms with E-state index in [4.69, 9.17) is 0 Å². The van der Waals surface area contributed by atoms with Gasteiger partial charge in [0.15, 0.2) is 0 Å². The molecule has 0 unspecified atom stereocenters. The summed E-state index contributed by atoms with van der Waals surface area (Å²) in [5.74, 6) is 0. The molecule has 20 heavy (non-hydrogen) atoms. The fourth-order valence-electron chi connectivity index (χ4n) is 1.83. The molecule has 1 aliphatic rings. The third-order valence-corrected chi connectivity index (χ3v) is 2.91. The SMILES string of the molecule is CC(C)(C)N(C(=O)OOC(=O)N=S(=O)=O)C1(C=O)CC1. The molecule has 0 radical (unpaired) electrons. The van der Waals surface area contributed by atoms with Gasteiger partial charge in [0.25, 0.3) is 0 Å². The maximum absolute atomic E-state index is 11.9. The highest BCUT2D eigenvalue weighted by molar-refractivity contribution is 7.62. The van der Waals surface area contributed by atoms with Crippen molar-refractivity contribution < 1.29 is 32.6 Å². The number of carbonyl (C=O) groups is 3. The van der Waals surface area contributed by atoms with Crippen LogP contribution in [-0.4, -0.2) is 42.9 Å². The van der Waals surface area contributed by atoms with Crippen LogP contribution in [-0.2, 0) is 25.1 Å². The van der Waals surface area contributed by atoms with Crippen molar-refractivity contribution in [1.29, 1.82) is 0 Å². The molecule has 0 atom stereocenters. The summed E-state index contributed by atoms with van der Waals surface area (Å²) in [6.45, 7) is 5.03. The molecule has 1 fully saturated rings. The maximum atomic E-state index is 11.9. The fourth-order valence-corrected chi connectivity index (χ4v) is 1.98. The minimum Gasteiger partial charge on any atom is -0.301 e. The highest BCUT2D eigenvalue weighted by Gasteiger charge is 2.55. The van der Waals surface area contributed by atoms with E-state index in [1.54, 1.807) is 20.8 Å². The van der Waals surface area contributed by atoms with Gasteiger partial charge in [0.2, 0.25) is 0 Å². The third-order valence-electron chi connectivity index (χ3n) is 2.61. The lowest BCUT2D eigenvalue weighted by Gasteiger charge is -2.37. The monoisotopic (exact) mass is 306 g/mol. The molecule has 0 saturated heterocycles. The highest BCUT2D eigenvalue weighted by Crippen LogP contribution is 2.43. The summed E-state index contributed by atoms with van der Waals surface area (Å²) in [6, 6.07) is 0. The van der Waals surface area contributed by atoms with Crippen molar-refractivity contribution in [2.75, 3.05) is 0 Å². The number of nitrogens with zero attached hydrogens (tertiary/aromatic N) is 2. The Hall–Kier alpha value is -1.97. The van der Waals surface area contributed by atoms with Crippen LogP contribution in [0.4, 0.5) is 9.59 Å². The second kappa shape index (κ2) is 5.57. The number of hydrogen-bond acceptors (Lipinski definition) is 7. The van der Waals surface area contributed by atoms with E-state index in [1.165, 1.54) is 0 Å². The van der Waals surface area contributed by atoms with Crippen molar-refractivity contribution >= 4 is 29.0 Å². The zero-order valence-corrected chi connectivity index (χ0v) is 12.0. The minimum atomic E-state index is -3.01. The molecule has 0 spiro atoms. The predicted octanol–water partition coefficient (Wildman–Crippen LogP) is 1.07. The second-order valence-electron chi connectivity index (χ2n) is 5.23. The summed E-state index contributed by atoms with van der Waals surface area (Å²) in [5.41, 5.74) is -1.72. The van der Waals surface area contributed by atoms with Crippen LogP contribution >= 0.6 is 0 Å². The van der Waals surface area contributed by atoms with Gasteiger partial charge in [-0.15, -0.1) is 0 Å². The van der Waals surface area contributed by atoms with Crippen molar-refractivity contribution in [1.82, 2.24) is 4.90 Å². The van der Waals surface area contributed by atoms with E-state index in [0.717, 1.165) is 4.90 Å². The Kier molecular flexibility index (Phi) is 4.48. The number of carbonyl (C=O) groups excluding carboxylic acids is 3. The summed E-state index contributed by atoms with van der Waals surface area (Å²) in [5, 5.41) is 0. The molecule has 0 aliphatic heterocycles. The Bertz CT molecular complexity index is 549. The molecule has 0 N–H and O–H groups in total. The van der Waals surface area contributed by atoms with Gasteiger partial charge in [0, 0.05) is 5.54 Å².